The molecule has 2 aromatic rings. The van der Waals surface area contributed by atoms with E-state index >= 15 is 0 Å². The summed E-state index contributed by atoms with van der Waals surface area (Å²) in [6.45, 7) is 0.810. The van der Waals surface area contributed by atoms with Gasteiger partial charge in [0.15, 0.2) is 5.13 Å². The van der Waals surface area contributed by atoms with E-state index in [-0.39, 0.29) is 5.82 Å². The molecular formula is C10H8F2N2S. The molecular weight excluding hydrogens is 218 g/mol. The van der Waals surface area contributed by atoms with Crippen LogP contribution in [0.2, 0.25) is 0 Å². The molecule has 1 aromatic carbocycles. The van der Waals surface area contributed by atoms with Crippen LogP contribution < -0.4 is 4.90 Å². The van der Waals surface area contributed by atoms with Crippen LogP contribution in [0.5, 0.6) is 0 Å². The summed E-state index contributed by atoms with van der Waals surface area (Å²) in [5.41, 5.74) is 0.777. The van der Waals surface area contributed by atoms with Crippen LogP contribution in [-0.2, 0) is 0 Å². The summed E-state index contributed by atoms with van der Waals surface area (Å²) >= 11 is 1.41. The standard InChI is InChI=1S/C10H8F2N2S/c11-6-1-2-8-9(3-6)15-10(13-8)14-4-7(12)5-14/h1-3,7H,4-5H2. The lowest BCUT2D eigenvalue weighted by Crippen LogP contribution is -2.48. The molecule has 5 heteroatoms. The van der Waals surface area contributed by atoms with Crippen molar-refractivity contribution in [1.29, 1.82) is 0 Å². The molecule has 15 heavy (non-hydrogen) atoms. The van der Waals surface area contributed by atoms with E-state index in [1.807, 2.05) is 4.90 Å². The van der Waals surface area contributed by atoms with Gasteiger partial charge < -0.3 is 4.90 Å². The van der Waals surface area contributed by atoms with Crippen molar-refractivity contribution in [3.8, 4) is 0 Å². The van der Waals surface area contributed by atoms with Gasteiger partial charge in [-0.15, -0.1) is 0 Å². The van der Waals surface area contributed by atoms with Gasteiger partial charge in [0.05, 0.1) is 23.3 Å². The highest BCUT2D eigenvalue weighted by molar-refractivity contribution is 7.22. The Bertz CT molecular complexity index is 505. The third-order valence-corrected chi connectivity index (χ3v) is 3.53. The fraction of sp³-hybridized carbons (Fsp3) is 0.300. The normalized spacial score (nSPS) is 17.1. The maximum Gasteiger partial charge on any atom is 0.186 e. The first-order valence-corrected chi connectivity index (χ1v) is 5.49. The van der Waals surface area contributed by atoms with Crippen molar-refractivity contribution in [2.24, 2.45) is 0 Å². The van der Waals surface area contributed by atoms with Crippen molar-refractivity contribution in [3.63, 3.8) is 0 Å². The van der Waals surface area contributed by atoms with Gasteiger partial charge in [-0.3, -0.25) is 0 Å². The lowest BCUT2D eigenvalue weighted by molar-refractivity contribution is 0.275. The van der Waals surface area contributed by atoms with Crippen molar-refractivity contribution < 1.29 is 8.78 Å². The van der Waals surface area contributed by atoms with Gasteiger partial charge in [-0.2, -0.15) is 0 Å². The Hall–Kier alpha value is -1.23. The van der Waals surface area contributed by atoms with Gasteiger partial charge in [-0.1, -0.05) is 11.3 Å². The largest absolute Gasteiger partial charge is 0.342 e. The summed E-state index contributed by atoms with van der Waals surface area (Å²) in [5.74, 6) is -0.260. The van der Waals surface area contributed by atoms with Crippen molar-refractivity contribution in [1.82, 2.24) is 4.98 Å². The van der Waals surface area contributed by atoms with Gasteiger partial charge in [-0.25, -0.2) is 13.8 Å². The number of nitrogens with zero attached hydrogens (tertiary/aromatic N) is 2. The Kier molecular flexibility index (Phi) is 1.88. The first-order valence-electron chi connectivity index (χ1n) is 4.67. The molecule has 0 bridgehead atoms. The van der Waals surface area contributed by atoms with E-state index in [9.17, 15) is 8.78 Å². The van der Waals surface area contributed by atoms with Crippen molar-refractivity contribution >= 4 is 26.7 Å². The lowest BCUT2D eigenvalue weighted by atomic mass is 10.2. The summed E-state index contributed by atoms with van der Waals surface area (Å²) in [5, 5.41) is 0.782. The molecule has 78 valence electrons. The second-order valence-electron chi connectivity index (χ2n) is 3.61. The number of thiazole rings is 1. The molecule has 0 atom stereocenters. The summed E-state index contributed by atoms with van der Waals surface area (Å²) in [7, 11) is 0. The molecule has 0 aliphatic carbocycles. The molecule has 0 amide bonds. The summed E-state index contributed by atoms with van der Waals surface area (Å²) in [4.78, 5) is 6.19. The number of halogens is 2. The van der Waals surface area contributed by atoms with Crippen molar-refractivity contribution in [3.05, 3.63) is 24.0 Å². The van der Waals surface area contributed by atoms with Crippen LogP contribution >= 0.6 is 11.3 Å². The van der Waals surface area contributed by atoms with E-state index in [4.69, 9.17) is 0 Å². The van der Waals surface area contributed by atoms with Gasteiger partial charge in [0.2, 0.25) is 0 Å². The molecule has 0 radical (unpaired) electrons. The first-order chi connectivity index (χ1) is 7.22. The molecule has 0 unspecified atom stereocenters. The SMILES string of the molecule is Fc1ccc2nc(N3CC(F)C3)sc2c1. The molecule has 1 aliphatic rings. The molecule has 0 spiro atoms. The van der Waals surface area contributed by atoms with Crippen LogP contribution in [0.4, 0.5) is 13.9 Å². The second kappa shape index (κ2) is 3.13. The monoisotopic (exact) mass is 226 g/mol. The number of fused-ring (bicyclic) bond motifs is 1. The quantitative estimate of drug-likeness (QED) is 0.743. The van der Waals surface area contributed by atoms with Gasteiger partial charge in [0, 0.05) is 0 Å². The molecule has 1 aromatic heterocycles. The number of hydrogen-bond acceptors (Lipinski definition) is 3. The van der Waals surface area contributed by atoms with E-state index in [1.54, 1.807) is 6.07 Å². The van der Waals surface area contributed by atoms with Crippen LogP contribution in [0.15, 0.2) is 18.2 Å². The highest BCUT2D eigenvalue weighted by Gasteiger charge is 2.28. The van der Waals surface area contributed by atoms with E-state index in [0.29, 0.717) is 13.1 Å². The van der Waals surface area contributed by atoms with E-state index in [0.717, 1.165) is 15.3 Å². The van der Waals surface area contributed by atoms with Crippen LogP contribution in [0.25, 0.3) is 10.2 Å². The fourth-order valence-electron chi connectivity index (χ4n) is 1.60. The number of rotatable bonds is 1. The number of alkyl halides is 1. The Balaban J connectivity index is 1.99. The number of aromatic nitrogens is 1. The fourth-order valence-corrected chi connectivity index (χ4v) is 2.61. The lowest BCUT2D eigenvalue weighted by Gasteiger charge is -2.33. The molecule has 0 N–H and O–H groups in total. The molecule has 1 saturated heterocycles. The summed E-state index contributed by atoms with van der Waals surface area (Å²) < 4.78 is 26.4. The minimum atomic E-state index is -0.742. The van der Waals surface area contributed by atoms with Gasteiger partial charge in [0.25, 0.3) is 0 Å². The third-order valence-electron chi connectivity index (χ3n) is 2.45. The molecule has 2 nitrogen and oxygen atoms in total. The van der Waals surface area contributed by atoms with Crippen molar-refractivity contribution in [2.45, 2.75) is 6.17 Å². The topological polar surface area (TPSA) is 16.1 Å². The van der Waals surface area contributed by atoms with E-state index < -0.39 is 6.17 Å². The highest BCUT2D eigenvalue weighted by Crippen LogP contribution is 2.32. The number of anilines is 1. The van der Waals surface area contributed by atoms with Crippen LogP contribution in [0.3, 0.4) is 0 Å². The first kappa shape index (κ1) is 9.03. The summed E-state index contributed by atoms with van der Waals surface area (Å²) in [6, 6.07) is 4.50. The Morgan fingerprint density at radius 3 is 2.93 bits per heavy atom. The molecule has 0 saturated carbocycles. The van der Waals surface area contributed by atoms with Crippen LogP contribution in [-0.4, -0.2) is 24.2 Å². The molecule has 2 heterocycles. The van der Waals surface area contributed by atoms with Crippen molar-refractivity contribution in [2.75, 3.05) is 18.0 Å². The highest BCUT2D eigenvalue weighted by atomic mass is 32.1. The van der Waals surface area contributed by atoms with Gasteiger partial charge in [0.1, 0.15) is 12.0 Å². The molecule has 3 rings (SSSR count). The predicted molar refractivity (Wildman–Crippen MR) is 56.7 cm³/mol. The number of hydrogen-bond donors (Lipinski definition) is 0. The van der Waals surface area contributed by atoms with E-state index in [2.05, 4.69) is 4.98 Å². The minimum Gasteiger partial charge on any atom is -0.342 e. The second-order valence-corrected chi connectivity index (χ2v) is 4.62. The minimum absolute atomic E-state index is 0.260. The number of benzene rings is 1. The zero-order chi connectivity index (χ0) is 10.4. The summed E-state index contributed by atoms with van der Waals surface area (Å²) in [6.07, 6.45) is -0.742. The Morgan fingerprint density at radius 1 is 1.40 bits per heavy atom. The van der Waals surface area contributed by atoms with Crippen LogP contribution in [0, 0.1) is 5.82 Å². The maximum atomic E-state index is 12.9. The zero-order valence-corrected chi connectivity index (χ0v) is 8.60. The maximum absolute atomic E-state index is 12.9. The molecule has 1 fully saturated rings. The van der Waals surface area contributed by atoms with Crippen LogP contribution in [0.1, 0.15) is 0 Å². The average Bonchev–Trinajstić information content (AvgIpc) is 2.55. The zero-order valence-electron chi connectivity index (χ0n) is 7.78. The average molecular weight is 226 g/mol. The Morgan fingerprint density at radius 2 is 2.20 bits per heavy atom. The van der Waals surface area contributed by atoms with Gasteiger partial charge in [-0.05, 0) is 18.2 Å². The van der Waals surface area contributed by atoms with Gasteiger partial charge >= 0.3 is 0 Å². The third kappa shape index (κ3) is 1.47. The molecule has 1 aliphatic heterocycles. The smallest absolute Gasteiger partial charge is 0.186 e. The Labute approximate surface area is 89.2 Å². The predicted octanol–water partition coefficient (Wildman–Crippen LogP) is 2.59. The van der Waals surface area contributed by atoms with E-state index in [1.165, 1.54) is 23.5 Å².